The van der Waals surface area contributed by atoms with Crippen molar-refractivity contribution >= 4 is 46.6 Å². The average molecular weight is 338 g/mol. The molecule has 0 atom stereocenters. The molecule has 8 heteroatoms. The van der Waals surface area contributed by atoms with Crippen molar-refractivity contribution in [2.75, 3.05) is 12.0 Å². The first kappa shape index (κ1) is 14.5. The fourth-order valence-corrected chi connectivity index (χ4v) is 3.26. The summed E-state index contributed by atoms with van der Waals surface area (Å²) in [5.41, 5.74) is 7.52. The van der Waals surface area contributed by atoms with Crippen LogP contribution in [0.4, 0.5) is 5.82 Å². The van der Waals surface area contributed by atoms with Crippen LogP contribution in [0, 0.1) is 0 Å². The van der Waals surface area contributed by atoms with E-state index in [1.807, 2.05) is 35.1 Å². The summed E-state index contributed by atoms with van der Waals surface area (Å²) < 4.78 is 1.85. The van der Waals surface area contributed by atoms with Crippen molar-refractivity contribution in [1.82, 2.24) is 19.4 Å². The van der Waals surface area contributed by atoms with Crippen LogP contribution in [-0.2, 0) is 5.75 Å². The van der Waals surface area contributed by atoms with Crippen LogP contribution in [0.25, 0.3) is 5.65 Å². The Balaban J connectivity index is 1.80. The normalized spacial score (nSPS) is 11.1. The van der Waals surface area contributed by atoms with Gasteiger partial charge in [-0.15, -0.1) is 11.8 Å². The van der Waals surface area contributed by atoms with Gasteiger partial charge < -0.3 is 5.73 Å². The predicted molar refractivity (Wildman–Crippen MR) is 88.0 cm³/mol. The third kappa shape index (κ3) is 3.25. The number of halogens is 1. The summed E-state index contributed by atoms with van der Waals surface area (Å²) in [7, 11) is 0. The molecule has 0 saturated heterocycles. The van der Waals surface area contributed by atoms with Crippen LogP contribution in [0.3, 0.4) is 0 Å². The third-order valence-corrected chi connectivity index (χ3v) is 4.57. The van der Waals surface area contributed by atoms with E-state index in [4.69, 9.17) is 17.3 Å². The molecule has 0 radical (unpaired) electrons. The molecule has 108 valence electrons. The average Bonchev–Trinajstić information content (AvgIpc) is 2.89. The van der Waals surface area contributed by atoms with E-state index in [-0.39, 0.29) is 0 Å². The molecule has 3 heterocycles. The molecule has 0 aliphatic heterocycles. The molecule has 3 rings (SSSR count). The van der Waals surface area contributed by atoms with Crippen molar-refractivity contribution in [2.45, 2.75) is 15.9 Å². The van der Waals surface area contributed by atoms with Gasteiger partial charge in [-0.3, -0.25) is 4.40 Å². The predicted octanol–water partition coefficient (Wildman–Crippen LogP) is 3.37. The standard InChI is InChI=1S/C13H12ClN5S2/c1-20-12-5-10(15)17-13(18-12)21-7-8-6-19-9(14)3-2-4-11(19)16-8/h2-6H,7H2,1H3,(H2,15,17,18). The van der Waals surface area contributed by atoms with Crippen molar-refractivity contribution in [1.29, 1.82) is 0 Å². The van der Waals surface area contributed by atoms with Crippen molar-refractivity contribution in [3.63, 3.8) is 0 Å². The summed E-state index contributed by atoms with van der Waals surface area (Å²) in [4.78, 5) is 13.2. The first-order chi connectivity index (χ1) is 10.2. The van der Waals surface area contributed by atoms with E-state index in [0.29, 0.717) is 21.9 Å². The number of fused-ring (bicyclic) bond motifs is 1. The van der Waals surface area contributed by atoms with E-state index >= 15 is 0 Å². The molecule has 0 aliphatic rings. The quantitative estimate of drug-likeness (QED) is 0.340. The number of thioether (sulfide) groups is 2. The fourth-order valence-electron chi connectivity index (χ4n) is 1.83. The lowest BCUT2D eigenvalue weighted by molar-refractivity contribution is 0.900. The highest BCUT2D eigenvalue weighted by atomic mass is 35.5. The van der Waals surface area contributed by atoms with Crippen molar-refractivity contribution in [3.8, 4) is 0 Å². The van der Waals surface area contributed by atoms with Gasteiger partial charge in [-0.1, -0.05) is 29.4 Å². The highest BCUT2D eigenvalue weighted by Crippen LogP contribution is 2.24. The van der Waals surface area contributed by atoms with E-state index in [1.165, 1.54) is 11.8 Å². The van der Waals surface area contributed by atoms with Gasteiger partial charge in [-0.2, -0.15) is 0 Å². The number of rotatable bonds is 4. The number of hydrogen-bond donors (Lipinski definition) is 1. The van der Waals surface area contributed by atoms with Gasteiger partial charge in [0.2, 0.25) is 0 Å². The molecule has 3 aromatic rings. The molecule has 0 aromatic carbocycles. The SMILES string of the molecule is CSc1cc(N)nc(SCc2cn3c(Cl)cccc3n2)n1. The highest BCUT2D eigenvalue weighted by Gasteiger charge is 2.07. The summed E-state index contributed by atoms with van der Waals surface area (Å²) in [5, 5.41) is 2.16. The number of nitrogen functional groups attached to an aromatic ring is 1. The fraction of sp³-hybridized carbons (Fsp3) is 0.154. The Morgan fingerprint density at radius 3 is 2.90 bits per heavy atom. The van der Waals surface area contributed by atoms with E-state index in [1.54, 1.807) is 17.8 Å². The molecular weight excluding hydrogens is 326 g/mol. The molecule has 0 amide bonds. The number of nitrogens with zero attached hydrogens (tertiary/aromatic N) is 4. The van der Waals surface area contributed by atoms with Crippen molar-refractivity contribution in [2.24, 2.45) is 0 Å². The smallest absolute Gasteiger partial charge is 0.190 e. The molecule has 0 bridgehead atoms. The number of hydrogen-bond acceptors (Lipinski definition) is 6. The maximum Gasteiger partial charge on any atom is 0.190 e. The van der Waals surface area contributed by atoms with E-state index < -0.39 is 0 Å². The summed E-state index contributed by atoms with van der Waals surface area (Å²) in [6.45, 7) is 0. The van der Waals surface area contributed by atoms with Crippen LogP contribution in [0.5, 0.6) is 0 Å². The Morgan fingerprint density at radius 2 is 2.14 bits per heavy atom. The van der Waals surface area contributed by atoms with Crippen LogP contribution in [0.2, 0.25) is 5.15 Å². The molecule has 0 saturated carbocycles. The number of imidazole rings is 1. The maximum absolute atomic E-state index is 6.12. The minimum Gasteiger partial charge on any atom is -0.384 e. The lowest BCUT2D eigenvalue weighted by Gasteiger charge is -2.02. The second-order valence-corrected chi connectivity index (χ2v) is 6.37. The molecule has 0 spiro atoms. The van der Waals surface area contributed by atoms with Gasteiger partial charge in [0.05, 0.1) is 5.69 Å². The highest BCUT2D eigenvalue weighted by molar-refractivity contribution is 7.99. The first-order valence-corrected chi connectivity index (χ1v) is 8.68. The largest absolute Gasteiger partial charge is 0.384 e. The first-order valence-electron chi connectivity index (χ1n) is 6.09. The minimum atomic E-state index is 0.481. The summed E-state index contributed by atoms with van der Waals surface area (Å²) in [5.74, 6) is 1.14. The van der Waals surface area contributed by atoms with Gasteiger partial charge in [0, 0.05) is 18.0 Å². The Bertz CT molecular complexity index is 789. The zero-order valence-electron chi connectivity index (χ0n) is 11.2. The minimum absolute atomic E-state index is 0.481. The van der Waals surface area contributed by atoms with Gasteiger partial charge in [0.25, 0.3) is 0 Å². The number of pyridine rings is 1. The second-order valence-electron chi connectivity index (χ2n) is 4.22. The summed E-state index contributed by atoms with van der Waals surface area (Å²) in [6, 6.07) is 7.40. The molecule has 0 unspecified atom stereocenters. The number of anilines is 1. The molecule has 5 nitrogen and oxygen atoms in total. The third-order valence-electron chi connectivity index (χ3n) is 2.75. The van der Waals surface area contributed by atoms with E-state index in [2.05, 4.69) is 15.0 Å². The Morgan fingerprint density at radius 1 is 1.29 bits per heavy atom. The van der Waals surface area contributed by atoms with Gasteiger partial charge in [0.15, 0.2) is 5.16 Å². The number of nitrogens with two attached hydrogens (primary N) is 1. The molecule has 0 aliphatic carbocycles. The van der Waals surface area contributed by atoms with Crippen molar-refractivity contribution < 1.29 is 0 Å². The van der Waals surface area contributed by atoms with Gasteiger partial charge >= 0.3 is 0 Å². The van der Waals surface area contributed by atoms with Crippen LogP contribution < -0.4 is 5.73 Å². The Hall–Kier alpha value is -1.44. The molecule has 21 heavy (non-hydrogen) atoms. The zero-order chi connectivity index (χ0) is 14.8. The summed E-state index contributed by atoms with van der Waals surface area (Å²) in [6.07, 6.45) is 3.88. The van der Waals surface area contributed by atoms with Crippen LogP contribution >= 0.6 is 35.1 Å². The van der Waals surface area contributed by atoms with Gasteiger partial charge in [-0.25, -0.2) is 15.0 Å². The molecule has 2 N–H and O–H groups in total. The van der Waals surface area contributed by atoms with Gasteiger partial charge in [0.1, 0.15) is 21.6 Å². The van der Waals surface area contributed by atoms with Gasteiger partial charge in [-0.05, 0) is 18.4 Å². The Kier molecular flexibility index (Phi) is 4.23. The second kappa shape index (κ2) is 6.13. The van der Waals surface area contributed by atoms with Crippen LogP contribution in [-0.4, -0.2) is 25.6 Å². The molecular formula is C13H12ClN5S2. The lowest BCUT2D eigenvalue weighted by atomic mass is 10.5. The monoisotopic (exact) mass is 337 g/mol. The lowest BCUT2D eigenvalue weighted by Crippen LogP contribution is -1.96. The molecule has 0 fully saturated rings. The zero-order valence-corrected chi connectivity index (χ0v) is 13.5. The topological polar surface area (TPSA) is 69.1 Å². The molecule has 3 aromatic heterocycles. The van der Waals surface area contributed by atoms with E-state index in [9.17, 15) is 0 Å². The van der Waals surface area contributed by atoms with Crippen LogP contribution in [0.15, 0.2) is 40.6 Å². The number of aromatic nitrogens is 4. The Labute approximate surface area is 135 Å². The summed E-state index contributed by atoms with van der Waals surface area (Å²) >= 11 is 9.17. The maximum atomic E-state index is 6.12. The van der Waals surface area contributed by atoms with Crippen molar-refractivity contribution in [3.05, 3.63) is 41.3 Å². The van der Waals surface area contributed by atoms with E-state index in [0.717, 1.165) is 16.4 Å². The van der Waals surface area contributed by atoms with Crippen LogP contribution in [0.1, 0.15) is 5.69 Å².